The van der Waals surface area contributed by atoms with Gasteiger partial charge in [0.2, 0.25) is 0 Å². The Kier molecular flexibility index (Phi) is 8.36. The molecule has 186 valence electrons. The lowest BCUT2D eigenvalue weighted by molar-refractivity contribution is -0.115. The molecule has 0 unspecified atom stereocenters. The van der Waals surface area contributed by atoms with Crippen molar-refractivity contribution in [2.45, 2.75) is 13.5 Å². The summed E-state index contributed by atoms with van der Waals surface area (Å²) in [5.74, 6) is 1.18. The van der Waals surface area contributed by atoms with E-state index in [0.717, 1.165) is 24.0 Å². The number of aliphatic imine (C=N–C) groups is 1. The Hall–Kier alpha value is -2.57. The molecule has 1 aliphatic rings. The average molecular weight is 732 g/mol. The molecular formula is C29H22I2N2O3S. The maximum Gasteiger partial charge on any atom is 0.264 e. The van der Waals surface area contributed by atoms with Crippen molar-refractivity contribution in [1.29, 1.82) is 0 Å². The summed E-state index contributed by atoms with van der Waals surface area (Å²) in [6.07, 6.45) is 1.86. The molecule has 1 N–H and O–H groups in total. The molecule has 37 heavy (non-hydrogen) atoms. The molecule has 5 nitrogen and oxygen atoms in total. The number of nitrogens with one attached hydrogen (secondary N) is 1. The van der Waals surface area contributed by atoms with Crippen LogP contribution in [0.15, 0.2) is 88.8 Å². The van der Waals surface area contributed by atoms with Gasteiger partial charge in [-0.25, -0.2) is 4.99 Å². The van der Waals surface area contributed by atoms with Gasteiger partial charge in [0.1, 0.15) is 6.61 Å². The third-order valence-corrected chi connectivity index (χ3v) is 8.23. The van der Waals surface area contributed by atoms with Crippen LogP contribution in [-0.2, 0) is 11.4 Å². The van der Waals surface area contributed by atoms with Gasteiger partial charge in [0.25, 0.3) is 5.91 Å². The average Bonchev–Trinajstić information content (AvgIpc) is 3.23. The Morgan fingerprint density at radius 2 is 1.73 bits per heavy atom. The van der Waals surface area contributed by atoms with Crippen molar-refractivity contribution in [2.75, 3.05) is 6.61 Å². The van der Waals surface area contributed by atoms with Gasteiger partial charge in [0, 0.05) is 3.57 Å². The molecule has 1 amide bonds. The summed E-state index contributed by atoms with van der Waals surface area (Å²) in [5, 5.41) is 5.78. The van der Waals surface area contributed by atoms with Gasteiger partial charge in [-0.15, -0.1) is 0 Å². The van der Waals surface area contributed by atoms with Gasteiger partial charge in [-0.1, -0.05) is 54.6 Å². The highest BCUT2D eigenvalue weighted by atomic mass is 127. The molecule has 8 heteroatoms. The highest BCUT2D eigenvalue weighted by Crippen LogP contribution is 2.37. The Morgan fingerprint density at radius 1 is 0.946 bits per heavy atom. The maximum absolute atomic E-state index is 12.7. The predicted octanol–water partition coefficient (Wildman–Crippen LogP) is 7.92. The van der Waals surface area contributed by atoms with E-state index in [-0.39, 0.29) is 5.91 Å². The van der Waals surface area contributed by atoms with Crippen molar-refractivity contribution in [3.63, 3.8) is 0 Å². The van der Waals surface area contributed by atoms with Gasteiger partial charge in [-0.2, -0.15) is 0 Å². The Bertz CT molecular complexity index is 1550. The summed E-state index contributed by atoms with van der Waals surface area (Å²) >= 11 is 5.83. The van der Waals surface area contributed by atoms with Crippen LogP contribution >= 0.6 is 56.9 Å². The van der Waals surface area contributed by atoms with Crippen molar-refractivity contribution in [3.8, 4) is 11.5 Å². The number of benzene rings is 4. The van der Waals surface area contributed by atoms with E-state index in [1.54, 1.807) is 0 Å². The fourth-order valence-electron chi connectivity index (χ4n) is 3.93. The predicted molar refractivity (Wildman–Crippen MR) is 169 cm³/mol. The van der Waals surface area contributed by atoms with Crippen molar-refractivity contribution in [3.05, 3.63) is 102 Å². The van der Waals surface area contributed by atoms with E-state index in [9.17, 15) is 4.79 Å². The fourth-order valence-corrected chi connectivity index (χ4v) is 6.05. The van der Waals surface area contributed by atoms with Crippen LogP contribution in [0.2, 0.25) is 0 Å². The summed E-state index contributed by atoms with van der Waals surface area (Å²) in [5.41, 5.74) is 2.80. The van der Waals surface area contributed by atoms with Gasteiger partial charge in [-0.3, -0.25) is 4.79 Å². The summed E-state index contributed by atoms with van der Waals surface area (Å²) in [4.78, 5) is 17.8. The number of thioether (sulfide) groups is 1. The zero-order chi connectivity index (χ0) is 25.8. The van der Waals surface area contributed by atoms with E-state index in [4.69, 9.17) is 9.47 Å². The van der Waals surface area contributed by atoms with Gasteiger partial charge in [0.05, 0.1) is 20.8 Å². The lowest BCUT2D eigenvalue weighted by Crippen LogP contribution is -2.19. The second-order valence-corrected chi connectivity index (χ2v) is 11.5. The van der Waals surface area contributed by atoms with Gasteiger partial charge in [-0.05, 0) is 116 Å². The number of ether oxygens (including phenoxy) is 2. The summed E-state index contributed by atoms with van der Waals surface area (Å²) in [6.45, 7) is 2.87. The molecule has 0 bridgehead atoms. The smallest absolute Gasteiger partial charge is 0.264 e. The minimum Gasteiger partial charge on any atom is -0.490 e. The van der Waals surface area contributed by atoms with Crippen LogP contribution in [0.25, 0.3) is 16.8 Å². The van der Waals surface area contributed by atoms with Crippen molar-refractivity contribution < 1.29 is 14.3 Å². The number of para-hydroxylation sites is 1. The number of carbonyl (C=O) groups is 1. The summed E-state index contributed by atoms with van der Waals surface area (Å²) in [6, 6.07) is 26.2. The molecule has 0 atom stereocenters. The van der Waals surface area contributed by atoms with Crippen LogP contribution in [0.5, 0.6) is 11.5 Å². The van der Waals surface area contributed by atoms with E-state index in [1.807, 2.05) is 67.6 Å². The zero-order valence-electron chi connectivity index (χ0n) is 19.8. The van der Waals surface area contributed by atoms with Crippen molar-refractivity contribution in [2.24, 2.45) is 4.99 Å². The number of amidine groups is 1. The molecule has 0 spiro atoms. The summed E-state index contributed by atoms with van der Waals surface area (Å²) in [7, 11) is 0. The quantitative estimate of drug-likeness (QED) is 0.155. The SMILES string of the molecule is CCOc1cc(/C=C2/SC(=Nc3ccccc3I)NC2=O)cc(I)c1OCc1cccc2ccccc12. The van der Waals surface area contributed by atoms with E-state index >= 15 is 0 Å². The van der Waals surface area contributed by atoms with Crippen LogP contribution in [0.4, 0.5) is 5.69 Å². The van der Waals surface area contributed by atoms with Crippen LogP contribution in [-0.4, -0.2) is 17.7 Å². The Labute approximate surface area is 247 Å². The number of amides is 1. The highest BCUT2D eigenvalue weighted by molar-refractivity contribution is 14.1. The third kappa shape index (κ3) is 6.12. The Morgan fingerprint density at radius 3 is 2.57 bits per heavy atom. The minimum absolute atomic E-state index is 0.168. The summed E-state index contributed by atoms with van der Waals surface area (Å²) < 4.78 is 14.2. The van der Waals surface area contributed by atoms with Crippen molar-refractivity contribution in [1.82, 2.24) is 5.32 Å². The second-order valence-electron chi connectivity index (χ2n) is 8.12. The van der Waals surface area contributed by atoms with Gasteiger partial charge in [0.15, 0.2) is 16.7 Å². The van der Waals surface area contributed by atoms with E-state index in [1.165, 1.54) is 22.5 Å². The molecule has 0 radical (unpaired) electrons. The lowest BCUT2D eigenvalue weighted by Gasteiger charge is -2.16. The first-order valence-electron chi connectivity index (χ1n) is 11.6. The normalized spacial score (nSPS) is 15.4. The zero-order valence-corrected chi connectivity index (χ0v) is 25.0. The maximum atomic E-state index is 12.7. The first-order chi connectivity index (χ1) is 18.0. The fraction of sp³-hybridized carbons (Fsp3) is 0.103. The van der Waals surface area contributed by atoms with Crippen LogP contribution < -0.4 is 14.8 Å². The number of fused-ring (bicyclic) bond motifs is 1. The number of carbonyl (C=O) groups excluding carboxylic acids is 1. The molecule has 1 heterocycles. The number of hydrogen-bond donors (Lipinski definition) is 1. The molecular weight excluding hydrogens is 710 g/mol. The molecule has 1 aliphatic heterocycles. The standard InChI is InChI=1S/C29H22I2N2O3S/c1-2-35-25-15-18(16-26-28(34)33-29(37-26)32-24-13-6-5-12-22(24)30)14-23(31)27(25)36-17-20-10-7-9-19-8-3-4-11-21(19)20/h3-16H,2,17H2,1H3,(H,32,33,34)/b26-16+. The monoisotopic (exact) mass is 732 g/mol. The first kappa shape index (κ1) is 26.1. The number of halogens is 2. The molecule has 4 aromatic carbocycles. The van der Waals surface area contributed by atoms with Crippen LogP contribution in [0.1, 0.15) is 18.1 Å². The number of nitrogens with zero attached hydrogens (tertiary/aromatic N) is 1. The molecule has 0 saturated carbocycles. The molecule has 1 saturated heterocycles. The molecule has 4 aromatic rings. The topological polar surface area (TPSA) is 59.9 Å². The van der Waals surface area contributed by atoms with Crippen LogP contribution in [0, 0.1) is 7.14 Å². The molecule has 0 aromatic heterocycles. The lowest BCUT2D eigenvalue weighted by atomic mass is 10.1. The van der Waals surface area contributed by atoms with Crippen LogP contribution in [0.3, 0.4) is 0 Å². The molecule has 0 aliphatic carbocycles. The minimum atomic E-state index is -0.168. The third-order valence-electron chi connectivity index (χ3n) is 5.61. The first-order valence-corrected chi connectivity index (χ1v) is 14.6. The van der Waals surface area contributed by atoms with Gasteiger partial charge >= 0.3 is 0 Å². The number of rotatable bonds is 7. The number of hydrogen-bond acceptors (Lipinski definition) is 5. The molecule has 5 rings (SSSR count). The van der Waals surface area contributed by atoms with E-state index < -0.39 is 0 Å². The Balaban J connectivity index is 1.39. The van der Waals surface area contributed by atoms with E-state index in [2.05, 4.69) is 79.8 Å². The van der Waals surface area contributed by atoms with E-state index in [0.29, 0.717) is 34.8 Å². The highest BCUT2D eigenvalue weighted by Gasteiger charge is 2.24. The van der Waals surface area contributed by atoms with Gasteiger partial charge < -0.3 is 14.8 Å². The second kappa shape index (κ2) is 11.9. The van der Waals surface area contributed by atoms with Crippen molar-refractivity contribution >= 4 is 90.6 Å². The molecule has 1 fully saturated rings. The largest absolute Gasteiger partial charge is 0.490 e.